The average Bonchev–Trinajstić information content (AvgIpc) is 2.91. The minimum atomic E-state index is -5.88. The van der Waals surface area contributed by atoms with Crippen LogP contribution >= 0.6 is 0 Å². The van der Waals surface area contributed by atoms with Crippen LogP contribution in [0.25, 0.3) is 0 Å². The first kappa shape index (κ1) is 38.2. The van der Waals surface area contributed by atoms with Crippen LogP contribution in [-0.2, 0) is 26.4 Å². The molecule has 0 N–H and O–H groups in total. The SMILES string of the molecule is C=C(F)CC(/C=C(/F)CC(F)(F)OC(F)(F)F)OC(F)(F)c1ccc(OC(F)(F)c2ccc(C3CCC(CCC)CO3)cc2)cc1F. The highest BCUT2D eigenvalue weighted by molar-refractivity contribution is 5.33. The normalized spacial score (nSPS) is 19.0. The van der Waals surface area contributed by atoms with Crippen LogP contribution < -0.4 is 4.74 Å². The molecule has 3 atom stereocenters. The molecule has 16 heteroatoms. The maximum absolute atomic E-state index is 14.9. The molecule has 3 unspecified atom stereocenters. The third kappa shape index (κ3) is 11.7. The fourth-order valence-electron chi connectivity index (χ4n) is 4.87. The molecule has 4 nitrogen and oxygen atoms in total. The van der Waals surface area contributed by atoms with Crippen LogP contribution in [0.15, 0.2) is 66.8 Å². The highest BCUT2D eigenvalue weighted by Crippen LogP contribution is 2.40. The van der Waals surface area contributed by atoms with E-state index in [1.54, 1.807) is 0 Å². The van der Waals surface area contributed by atoms with Gasteiger partial charge < -0.3 is 14.2 Å². The molecule has 0 aliphatic carbocycles. The first-order valence-corrected chi connectivity index (χ1v) is 14.2. The predicted octanol–water partition coefficient (Wildman–Crippen LogP) is 10.9. The molecule has 0 amide bonds. The Morgan fingerprint density at radius 2 is 1.62 bits per heavy atom. The van der Waals surface area contributed by atoms with E-state index in [0.29, 0.717) is 30.6 Å². The van der Waals surface area contributed by atoms with Gasteiger partial charge in [0, 0.05) is 12.5 Å². The Morgan fingerprint density at radius 3 is 2.15 bits per heavy atom. The molecule has 1 aliphatic rings. The van der Waals surface area contributed by atoms with Crippen molar-refractivity contribution in [2.45, 2.75) is 82.3 Å². The quantitative estimate of drug-likeness (QED) is 0.174. The van der Waals surface area contributed by atoms with Crippen LogP contribution in [-0.4, -0.2) is 25.2 Å². The van der Waals surface area contributed by atoms with Gasteiger partial charge >= 0.3 is 24.7 Å². The van der Waals surface area contributed by atoms with E-state index in [-0.39, 0.29) is 24.3 Å². The van der Waals surface area contributed by atoms with Crippen molar-refractivity contribution in [2.75, 3.05) is 6.61 Å². The number of hydrogen-bond donors (Lipinski definition) is 0. The second-order valence-corrected chi connectivity index (χ2v) is 10.8. The zero-order chi connectivity index (χ0) is 35.2. The van der Waals surface area contributed by atoms with Gasteiger partial charge in [-0.15, -0.1) is 13.2 Å². The summed E-state index contributed by atoms with van der Waals surface area (Å²) in [6.07, 6.45) is -22.9. The lowest BCUT2D eigenvalue weighted by molar-refractivity contribution is -0.424. The fourth-order valence-corrected chi connectivity index (χ4v) is 4.87. The summed E-state index contributed by atoms with van der Waals surface area (Å²) in [5.74, 6) is -5.96. The van der Waals surface area contributed by atoms with Gasteiger partial charge in [-0.1, -0.05) is 32.1 Å². The molecule has 2 aromatic carbocycles. The zero-order valence-corrected chi connectivity index (χ0v) is 24.7. The van der Waals surface area contributed by atoms with Gasteiger partial charge in [-0.2, -0.15) is 26.3 Å². The molecule has 1 fully saturated rings. The second kappa shape index (κ2) is 15.3. The Morgan fingerprint density at radius 1 is 0.957 bits per heavy atom. The molecule has 0 saturated carbocycles. The summed E-state index contributed by atoms with van der Waals surface area (Å²) in [6.45, 7) is 5.33. The highest BCUT2D eigenvalue weighted by Gasteiger charge is 2.46. The van der Waals surface area contributed by atoms with Gasteiger partial charge in [-0.05, 0) is 61.1 Å². The van der Waals surface area contributed by atoms with Crippen molar-refractivity contribution in [1.82, 2.24) is 0 Å². The summed E-state index contributed by atoms with van der Waals surface area (Å²) >= 11 is 0. The van der Waals surface area contributed by atoms with Crippen molar-refractivity contribution >= 4 is 0 Å². The fraction of sp³-hybridized carbons (Fsp3) is 0.484. The van der Waals surface area contributed by atoms with Crippen LogP contribution in [0.4, 0.5) is 52.7 Å². The van der Waals surface area contributed by atoms with Crippen LogP contribution in [0.3, 0.4) is 0 Å². The molecule has 1 heterocycles. The molecule has 0 spiro atoms. The first-order chi connectivity index (χ1) is 21.7. The molecule has 0 radical (unpaired) electrons. The van der Waals surface area contributed by atoms with E-state index in [4.69, 9.17) is 4.74 Å². The number of rotatable bonds is 15. The maximum Gasteiger partial charge on any atom is 0.527 e. The Labute approximate surface area is 261 Å². The third-order valence-electron chi connectivity index (χ3n) is 6.91. The number of alkyl halides is 9. The summed E-state index contributed by atoms with van der Waals surface area (Å²) in [6, 6.07) is 5.93. The monoisotopic (exact) mass is 694 g/mol. The number of hydrogen-bond acceptors (Lipinski definition) is 4. The van der Waals surface area contributed by atoms with E-state index >= 15 is 0 Å². The van der Waals surface area contributed by atoms with Gasteiger partial charge in [0.15, 0.2) is 0 Å². The summed E-state index contributed by atoms with van der Waals surface area (Å²) in [5, 5.41) is 0. The van der Waals surface area contributed by atoms with Crippen LogP contribution in [0.1, 0.15) is 68.2 Å². The number of halogens is 12. The minimum Gasteiger partial charge on any atom is -0.429 e. The van der Waals surface area contributed by atoms with Crippen molar-refractivity contribution in [2.24, 2.45) is 5.92 Å². The second-order valence-electron chi connectivity index (χ2n) is 10.8. The summed E-state index contributed by atoms with van der Waals surface area (Å²) in [7, 11) is 0. The third-order valence-corrected chi connectivity index (χ3v) is 6.91. The molecule has 47 heavy (non-hydrogen) atoms. The summed E-state index contributed by atoms with van der Waals surface area (Å²) < 4.78 is 181. The molecular formula is C31H30F12O4. The molecule has 2 aromatic rings. The van der Waals surface area contributed by atoms with E-state index in [1.165, 1.54) is 12.1 Å². The number of benzene rings is 2. The Bertz CT molecular complexity index is 1370. The Hall–Kier alpha value is -3.24. The molecule has 0 bridgehead atoms. The van der Waals surface area contributed by atoms with Gasteiger partial charge in [-0.25, -0.2) is 17.9 Å². The molecule has 3 rings (SSSR count). The molecule has 262 valence electrons. The first-order valence-electron chi connectivity index (χ1n) is 14.2. The van der Waals surface area contributed by atoms with Crippen molar-refractivity contribution in [3.63, 3.8) is 0 Å². The largest absolute Gasteiger partial charge is 0.527 e. The van der Waals surface area contributed by atoms with Crippen LogP contribution in [0.5, 0.6) is 5.75 Å². The topological polar surface area (TPSA) is 36.9 Å². The van der Waals surface area contributed by atoms with Gasteiger partial charge in [0.25, 0.3) is 0 Å². The molecule has 0 aromatic heterocycles. The van der Waals surface area contributed by atoms with E-state index in [9.17, 15) is 52.7 Å². The zero-order valence-electron chi connectivity index (χ0n) is 24.7. The summed E-state index contributed by atoms with van der Waals surface area (Å²) in [5.41, 5.74) is -1.63. The van der Waals surface area contributed by atoms with E-state index < -0.39 is 78.0 Å². The van der Waals surface area contributed by atoms with Gasteiger partial charge in [-0.3, -0.25) is 0 Å². The van der Waals surface area contributed by atoms with Crippen molar-refractivity contribution in [3.8, 4) is 5.75 Å². The Balaban J connectivity index is 1.71. The Kier molecular flexibility index (Phi) is 12.5. The summed E-state index contributed by atoms with van der Waals surface area (Å²) in [4.78, 5) is 0. The van der Waals surface area contributed by atoms with Gasteiger partial charge in [0.1, 0.15) is 17.4 Å². The standard InChI is InChI=1S/C31H30F12O4/c1-3-4-19-5-12-27(44-17-19)20-6-8-21(9-7-20)29(37,38)45-23-10-11-25(26(34)15-23)30(39,40)46-24(13-18(2)32)14-22(33)16-28(35,36)47-31(41,42)43/h6-11,14-15,19,24,27H,2-5,12-13,16-17H2,1H3/b22-14+. The highest BCUT2D eigenvalue weighted by atomic mass is 19.4. The minimum absolute atomic E-state index is 0.159. The van der Waals surface area contributed by atoms with Crippen molar-refractivity contribution < 1.29 is 71.6 Å². The molecular weight excluding hydrogens is 664 g/mol. The van der Waals surface area contributed by atoms with Crippen LogP contribution in [0, 0.1) is 11.7 Å². The molecule has 1 saturated heterocycles. The van der Waals surface area contributed by atoms with E-state index in [2.05, 4.69) is 27.7 Å². The van der Waals surface area contributed by atoms with Crippen molar-refractivity contribution in [3.05, 3.63) is 89.3 Å². The molecule has 1 aliphatic heterocycles. The average molecular weight is 695 g/mol. The lowest BCUT2D eigenvalue weighted by Crippen LogP contribution is -2.30. The number of ether oxygens (including phenoxy) is 4. The lowest BCUT2D eigenvalue weighted by Gasteiger charge is -2.29. The maximum atomic E-state index is 14.9. The van der Waals surface area contributed by atoms with E-state index in [0.717, 1.165) is 31.4 Å². The van der Waals surface area contributed by atoms with Gasteiger partial charge in [0.2, 0.25) is 0 Å². The predicted molar refractivity (Wildman–Crippen MR) is 143 cm³/mol. The smallest absolute Gasteiger partial charge is 0.429 e. The van der Waals surface area contributed by atoms with Crippen molar-refractivity contribution in [1.29, 1.82) is 0 Å². The van der Waals surface area contributed by atoms with E-state index in [1.807, 2.05) is 0 Å². The lowest BCUT2D eigenvalue weighted by atomic mass is 9.91. The van der Waals surface area contributed by atoms with Crippen LogP contribution in [0.2, 0.25) is 0 Å². The van der Waals surface area contributed by atoms with Gasteiger partial charge in [0.05, 0.1) is 42.2 Å².